The molecule has 0 saturated carbocycles. The van der Waals surface area contributed by atoms with Crippen LogP contribution in [0.4, 0.5) is 4.39 Å². The fourth-order valence-corrected chi connectivity index (χ4v) is 2.38. The van der Waals surface area contributed by atoms with Crippen molar-refractivity contribution in [1.29, 1.82) is 0 Å². The summed E-state index contributed by atoms with van der Waals surface area (Å²) in [6, 6.07) is 3.10. The molecule has 0 fully saturated rings. The molecular formula is C16H22FN3. The first-order chi connectivity index (χ1) is 9.40. The maximum atomic E-state index is 12.9. The zero-order valence-electron chi connectivity index (χ0n) is 12.6. The molecule has 2 aromatic heterocycles. The third-order valence-corrected chi connectivity index (χ3v) is 3.78. The molecule has 2 rings (SSSR count). The van der Waals surface area contributed by atoms with Gasteiger partial charge in [0.25, 0.3) is 0 Å². The van der Waals surface area contributed by atoms with Crippen LogP contribution in [0.15, 0.2) is 30.7 Å². The first kappa shape index (κ1) is 14.7. The second-order valence-corrected chi connectivity index (χ2v) is 6.28. The highest BCUT2D eigenvalue weighted by Crippen LogP contribution is 2.30. The van der Waals surface area contributed by atoms with Crippen LogP contribution in [0.2, 0.25) is 0 Å². The lowest BCUT2D eigenvalue weighted by atomic mass is 9.79. The van der Waals surface area contributed by atoms with Crippen LogP contribution in [0, 0.1) is 17.2 Å². The van der Waals surface area contributed by atoms with Gasteiger partial charge >= 0.3 is 0 Å². The van der Waals surface area contributed by atoms with E-state index >= 15 is 0 Å². The van der Waals surface area contributed by atoms with Crippen molar-refractivity contribution in [3.8, 4) is 11.3 Å². The van der Waals surface area contributed by atoms with E-state index in [1.165, 1.54) is 12.3 Å². The third-order valence-electron chi connectivity index (χ3n) is 3.78. The fraction of sp³-hybridized carbons (Fsp3) is 0.500. The maximum absolute atomic E-state index is 12.9. The molecule has 0 aromatic carbocycles. The van der Waals surface area contributed by atoms with E-state index in [0.29, 0.717) is 5.92 Å². The molecule has 0 amide bonds. The SMILES string of the molecule is CCC(Cn1cc(-c2ccc(F)cn2)cn1)C(C)(C)C. The Morgan fingerprint density at radius 2 is 2.00 bits per heavy atom. The first-order valence-electron chi connectivity index (χ1n) is 7.04. The van der Waals surface area contributed by atoms with Crippen LogP contribution in [0.25, 0.3) is 11.3 Å². The van der Waals surface area contributed by atoms with Gasteiger partial charge in [-0.15, -0.1) is 0 Å². The van der Waals surface area contributed by atoms with Gasteiger partial charge < -0.3 is 0 Å². The second kappa shape index (κ2) is 5.73. The number of hydrogen-bond acceptors (Lipinski definition) is 2. The molecule has 2 aromatic rings. The summed E-state index contributed by atoms with van der Waals surface area (Å²) in [4.78, 5) is 4.08. The Hall–Kier alpha value is -1.71. The van der Waals surface area contributed by atoms with Crippen molar-refractivity contribution in [3.63, 3.8) is 0 Å². The minimum Gasteiger partial charge on any atom is -0.272 e. The summed E-state index contributed by atoms with van der Waals surface area (Å²) in [6.45, 7) is 9.87. The van der Waals surface area contributed by atoms with Crippen molar-refractivity contribution in [1.82, 2.24) is 14.8 Å². The van der Waals surface area contributed by atoms with Crippen LogP contribution in [-0.2, 0) is 6.54 Å². The summed E-state index contributed by atoms with van der Waals surface area (Å²) in [5.74, 6) is 0.247. The van der Waals surface area contributed by atoms with Gasteiger partial charge in [-0.25, -0.2) is 4.39 Å². The van der Waals surface area contributed by atoms with E-state index in [4.69, 9.17) is 0 Å². The van der Waals surface area contributed by atoms with Crippen molar-refractivity contribution in [2.45, 2.75) is 40.7 Å². The molecule has 0 saturated heterocycles. The average Bonchev–Trinajstić information content (AvgIpc) is 2.84. The van der Waals surface area contributed by atoms with Crippen LogP contribution >= 0.6 is 0 Å². The van der Waals surface area contributed by atoms with E-state index in [1.54, 1.807) is 12.3 Å². The van der Waals surface area contributed by atoms with Crippen molar-refractivity contribution in [2.75, 3.05) is 0 Å². The molecule has 1 atom stereocenters. The molecule has 108 valence electrons. The second-order valence-electron chi connectivity index (χ2n) is 6.28. The zero-order valence-corrected chi connectivity index (χ0v) is 12.6. The molecule has 0 aliphatic carbocycles. The molecular weight excluding hydrogens is 253 g/mol. The summed E-state index contributed by atoms with van der Waals surface area (Å²) in [6.07, 6.45) is 6.12. The van der Waals surface area contributed by atoms with Gasteiger partial charge in [-0.1, -0.05) is 34.1 Å². The maximum Gasteiger partial charge on any atom is 0.141 e. The van der Waals surface area contributed by atoms with E-state index in [0.717, 1.165) is 24.2 Å². The third kappa shape index (κ3) is 3.44. The average molecular weight is 275 g/mol. The van der Waals surface area contributed by atoms with Gasteiger partial charge in [0.15, 0.2) is 0 Å². The van der Waals surface area contributed by atoms with Crippen LogP contribution in [0.3, 0.4) is 0 Å². The Morgan fingerprint density at radius 3 is 2.55 bits per heavy atom. The fourth-order valence-electron chi connectivity index (χ4n) is 2.38. The molecule has 0 radical (unpaired) electrons. The Morgan fingerprint density at radius 1 is 1.25 bits per heavy atom. The Kier molecular flexibility index (Phi) is 4.21. The molecule has 3 nitrogen and oxygen atoms in total. The largest absolute Gasteiger partial charge is 0.272 e. The van der Waals surface area contributed by atoms with Gasteiger partial charge in [0.1, 0.15) is 5.82 Å². The highest BCUT2D eigenvalue weighted by molar-refractivity contribution is 5.56. The van der Waals surface area contributed by atoms with Gasteiger partial charge in [-0.2, -0.15) is 5.10 Å². The highest BCUT2D eigenvalue weighted by atomic mass is 19.1. The predicted octanol–water partition coefficient (Wildman–Crippen LogP) is 4.16. The number of aromatic nitrogens is 3. The lowest BCUT2D eigenvalue weighted by Gasteiger charge is -2.29. The minimum atomic E-state index is -0.320. The van der Waals surface area contributed by atoms with Crippen LogP contribution in [0.1, 0.15) is 34.1 Å². The zero-order chi connectivity index (χ0) is 14.8. The highest BCUT2D eigenvalue weighted by Gasteiger charge is 2.23. The molecule has 0 aliphatic rings. The van der Waals surface area contributed by atoms with Crippen molar-refractivity contribution < 1.29 is 4.39 Å². The Labute approximate surface area is 119 Å². The van der Waals surface area contributed by atoms with E-state index in [9.17, 15) is 4.39 Å². The number of rotatable bonds is 4. The van der Waals surface area contributed by atoms with Gasteiger partial charge in [0.05, 0.1) is 18.1 Å². The summed E-state index contributed by atoms with van der Waals surface area (Å²) in [7, 11) is 0. The molecule has 0 bridgehead atoms. The molecule has 0 N–H and O–H groups in total. The number of nitrogens with zero attached hydrogens (tertiary/aromatic N) is 3. The van der Waals surface area contributed by atoms with Gasteiger partial charge in [0, 0.05) is 18.3 Å². The van der Waals surface area contributed by atoms with Crippen LogP contribution in [-0.4, -0.2) is 14.8 Å². The standard InChI is InChI=1S/C16H22FN3/c1-5-13(16(2,3)4)11-20-10-12(8-19-20)15-7-6-14(17)9-18-15/h6-10,13H,5,11H2,1-4H3. The summed E-state index contributed by atoms with van der Waals surface area (Å²) in [5, 5.41) is 4.40. The lowest BCUT2D eigenvalue weighted by Crippen LogP contribution is -2.24. The molecule has 2 heterocycles. The van der Waals surface area contributed by atoms with E-state index in [1.807, 2.05) is 10.9 Å². The summed E-state index contributed by atoms with van der Waals surface area (Å²) >= 11 is 0. The van der Waals surface area contributed by atoms with Crippen LogP contribution < -0.4 is 0 Å². The normalized spacial score (nSPS) is 13.4. The van der Waals surface area contributed by atoms with E-state index in [-0.39, 0.29) is 11.2 Å². The molecule has 1 unspecified atom stereocenters. The molecule has 4 heteroatoms. The summed E-state index contributed by atoms with van der Waals surface area (Å²) in [5.41, 5.74) is 1.94. The van der Waals surface area contributed by atoms with Crippen LogP contribution in [0.5, 0.6) is 0 Å². The van der Waals surface area contributed by atoms with Crippen molar-refractivity contribution >= 4 is 0 Å². The number of halogens is 1. The van der Waals surface area contributed by atoms with Gasteiger partial charge in [-0.05, 0) is 23.5 Å². The predicted molar refractivity (Wildman–Crippen MR) is 78.7 cm³/mol. The quantitative estimate of drug-likeness (QED) is 0.839. The smallest absolute Gasteiger partial charge is 0.141 e. The van der Waals surface area contributed by atoms with E-state index < -0.39 is 0 Å². The number of pyridine rings is 1. The Bertz CT molecular complexity index is 552. The lowest BCUT2D eigenvalue weighted by molar-refractivity contribution is 0.199. The van der Waals surface area contributed by atoms with Gasteiger partial charge in [0.2, 0.25) is 0 Å². The topological polar surface area (TPSA) is 30.7 Å². The monoisotopic (exact) mass is 275 g/mol. The van der Waals surface area contributed by atoms with Gasteiger partial charge in [-0.3, -0.25) is 9.67 Å². The number of hydrogen-bond donors (Lipinski definition) is 0. The summed E-state index contributed by atoms with van der Waals surface area (Å²) < 4.78 is 14.8. The van der Waals surface area contributed by atoms with Crippen molar-refractivity contribution in [3.05, 3.63) is 36.5 Å². The Balaban J connectivity index is 2.15. The first-order valence-corrected chi connectivity index (χ1v) is 7.04. The van der Waals surface area contributed by atoms with Crippen molar-refractivity contribution in [2.24, 2.45) is 11.3 Å². The minimum absolute atomic E-state index is 0.259. The van der Waals surface area contributed by atoms with E-state index in [2.05, 4.69) is 37.8 Å². The molecule has 0 aliphatic heterocycles. The molecule has 0 spiro atoms. The molecule has 20 heavy (non-hydrogen) atoms.